The molecule has 1 aliphatic carbocycles. The molecule has 0 aromatic rings. The first-order chi connectivity index (χ1) is 5.61. The summed E-state index contributed by atoms with van der Waals surface area (Å²) in [6.45, 7) is 0. The van der Waals surface area contributed by atoms with Crippen molar-refractivity contribution in [1.29, 1.82) is 0 Å². The Balaban J connectivity index is 2.51. The molecule has 0 bridgehead atoms. The molecule has 0 aromatic heterocycles. The first kappa shape index (κ1) is 9.23. The zero-order valence-electron chi connectivity index (χ0n) is 7.67. The number of ketones is 1. The van der Waals surface area contributed by atoms with Gasteiger partial charge in [-0.3, -0.25) is 9.59 Å². The molecule has 1 aliphatic rings. The van der Waals surface area contributed by atoms with Crippen LogP contribution < -0.4 is 0 Å². The fourth-order valence-corrected chi connectivity index (χ4v) is 1.60. The summed E-state index contributed by atoms with van der Waals surface area (Å²) in [5.41, 5.74) is 0. The summed E-state index contributed by atoms with van der Waals surface area (Å²) >= 11 is 0. The Bertz CT molecular complexity index is 199. The van der Waals surface area contributed by atoms with E-state index in [1.165, 1.54) is 0 Å². The number of nitrogens with zero attached hydrogens (tertiary/aromatic N) is 1. The molecule has 1 atom stereocenters. The first-order valence-corrected chi connectivity index (χ1v) is 4.34. The molecule has 0 spiro atoms. The second kappa shape index (κ2) is 3.70. The van der Waals surface area contributed by atoms with Gasteiger partial charge < -0.3 is 4.90 Å². The molecule has 0 heterocycles. The van der Waals surface area contributed by atoms with Crippen LogP contribution >= 0.6 is 0 Å². The topological polar surface area (TPSA) is 37.4 Å². The van der Waals surface area contributed by atoms with Crippen molar-refractivity contribution in [2.45, 2.75) is 25.7 Å². The Hall–Kier alpha value is -0.860. The van der Waals surface area contributed by atoms with Crippen molar-refractivity contribution in [3.05, 3.63) is 0 Å². The van der Waals surface area contributed by atoms with Crippen LogP contribution in [0.3, 0.4) is 0 Å². The highest BCUT2D eigenvalue weighted by Crippen LogP contribution is 2.22. The molecule has 0 aromatic carbocycles. The number of carbonyl (C=O) groups is 2. The van der Waals surface area contributed by atoms with Crippen LogP contribution in [0.1, 0.15) is 25.7 Å². The summed E-state index contributed by atoms with van der Waals surface area (Å²) in [5.74, 6) is 0.297. The van der Waals surface area contributed by atoms with E-state index in [1.54, 1.807) is 19.0 Å². The van der Waals surface area contributed by atoms with Crippen molar-refractivity contribution in [3.63, 3.8) is 0 Å². The summed E-state index contributed by atoms with van der Waals surface area (Å²) in [5, 5.41) is 0. The number of hydrogen-bond acceptors (Lipinski definition) is 2. The first-order valence-electron chi connectivity index (χ1n) is 4.34. The molecule has 1 rings (SSSR count). The van der Waals surface area contributed by atoms with E-state index in [0.29, 0.717) is 12.8 Å². The fraction of sp³-hybridized carbons (Fsp3) is 0.778. The Labute approximate surface area is 72.7 Å². The Kier molecular flexibility index (Phi) is 2.84. The van der Waals surface area contributed by atoms with Gasteiger partial charge in [0.05, 0.1) is 0 Å². The molecule has 1 unspecified atom stereocenters. The van der Waals surface area contributed by atoms with Gasteiger partial charge >= 0.3 is 0 Å². The van der Waals surface area contributed by atoms with Gasteiger partial charge in [-0.25, -0.2) is 0 Å². The summed E-state index contributed by atoms with van der Waals surface area (Å²) in [7, 11) is 3.48. The van der Waals surface area contributed by atoms with Gasteiger partial charge in [0, 0.05) is 32.9 Å². The second-order valence-electron chi connectivity index (χ2n) is 3.56. The van der Waals surface area contributed by atoms with E-state index in [-0.39, 0.29) is 17.6 Å². The van der Waals surface area contributed by atoms with Crippen molar-refractivity contribution in [2.24, 2.45) is 5.92 Å². The standard InChI is InChI=1S/C9H15NO2/c1-10(2)9(12)7-4-3-5-8(11)6-7/h7H,3-6H2,1-2H3. The van der Waals surface area contributed by atoms with Crippen molar-refractivity contribution >= 4 is 11.7 Å². The Morgan fingerprint density at radius 1 is 1.50 bits per heavy atom. The third-order valence-corrected chi connectivity index (χ3v) is 2.27. The van der Waals surface area contributed by atoms with Crippen LogP contribution in [0.4, 0.5) is 0 Å². The van der Waals surface area contributed by atoms with Gasteiger partial charge in [0.25, 0.3) is 0 Å². The highest BCUT2D eigenvalue weighted by molar-refractivity contribution is 5.87. The molecular weight excluding hydrogens is 154 g/mol. The van der Waals surface area contributed by atoms with E-state index in [9.17, 15) is 9.59 Å². The minimum atomic E-state index is -0.0405. The van der Waals surface area contributed by atoms with Crippen LogP contribution in [-0.4, -0.2) is 30.7 Å². The lowest BCUT2D eigenvalue weighted by molar-refractivity contribution is -0.137. The maximum Gasteiger partial charge on any atom is 0.225 e. The lowest BCUT2D eigenvalue weighted by atomic mass is 9.87. The highest BCUT2D eigenvalue weighted by atomic mass is 16.2. The molecule has 68 valence electrons. The molecular formula is C9H15NO2. The molecule has 0 N–H and O–H groups in total. The van der Waals surface area contributed by atoms with Gasteiger partial charge in [-0.05, 0) is 12.8 Å². The van der Waals surface area contributed by atoms with Crippen LogP contribution in [0.2, 0.25) is 0 Å². The van der Waals surface area contributed by atoms with Crippen LogP contribution in [0, 0.1) is 5.92 Å². The maximum absolute atomic E-state index is 11.4. The van der Waals surface area contributed by atoms with E-state index >= 15 is 0 Å². The Morgan fingerprint density at radius 3 is 2.67 bits per heavy atom. The van der Waals surface area contributed by atoms with E-state index in [4.69, 9.17) is 0 Å². The van der Waals surface area contributed by atoms with E-state index in [1.807, 2.05) is 0 Å². The predicted molar refractivity (Wildman–Crippen MR) is 45.7 cm³/mol. The second-order valence-corrected chi connectivity index (χ2v) is 3.56. The number of carbonyl (C=O) groups excluding carboxylic acids is 2. The predicted octanol–water partition coefficient (Wildman–Crippen LogP) is 0.834. The van der Waals surface area contributed by atoms with Gasteiger partial charge in [-0.1, -0.05) is 0 Å². The molecule has 1 amide bonds. The molecule has 1 fully saturated rings. The van der Waals surface area contributed by atoms with Gasteiger partial charge in [-0.15, -0.1) is 0 Å². The van der Waals surface area contributed by atoms with E-state index < -0.39 is 0 Å². The number of hydrogen-bond donors (Lipinski definition) is 0. The molecule has 1 saturated carbocycles. The zero-order chi connectivity index (χ0) is 9.14. The van der Waals surface area contributed by atoms with Crippen molar-refractivity contribution in [3.8, 4) is 0 Å². The summed E-state index contributed by atoms with van der Waals surface area (Å²) in [6.07, 6.45) is 2.88. The SMILES string of the molecule is CN(C)C(=O)C1CCCC(=O)C1. The monoisotopic (exact) mass is 169 g/mol. The lowest BCUT2D eigenvalue weighted by Crippen LogP contribution is -2.32. The van der Waals surface area contributed by atoms with Crippen LogP contribution in [0.25, 0.3) is 0 Å². The van der Waals surface area contributed by atoms with Crippen LogP contribution in [0.15, 0.2) is 0 Å². The van der Waals surface area contributed by atoms with Gasteiger partial charge in [0.2, 0.25) is 5.91 Å². The third kappa shape index (κ3) is 2.06. The number of rotatable bonds is 1. The highest BCUT2D eigenvalue weighted by Gasteiger charge is 2.26. The largest absolute Gasteiger partial charge is 0.349 e. The smallest absolute Gasteiger partial charge is 0.225 e. The third-order valence-electron chi connectivity index (χ3n) is 2.27. The van der Waals surface area contributed by atoms with Crippen molar-refractivity contribution in [2.75, 3.05) is 14.1 Å². The van der Waals surface area contributed by atoms with E-state index in [2.05, 4.69) is 0 Å². The van der Waals surface area contributed by atoms with Gasteiger partial charge in [-0.2, -0.15) is 0 Å². The summed E-state index contributed by atoms with van der Waals surface area (Å²) in [4.78, 5) is 24.0. The molecule has 0 saturated heterocycles. The molecule has 0 radical (unpaired) electrons. The minimum Gasteiger partial charge on any atom is -0.349 e. The quantitative estimate of drug-likeness (QED) is 0.583. The minimum absolute atomic E-state index is 0.0405. The average Bonchev–Trinajstić information content (AvgIpc) is 2.03. The van der Waals surface area contributed by atoms with Crippen LogP contribution in [0.5, 0.6) is 0 Å². The Morgan fingerprint density at radius 2 is 2.17 bits per heavy atom. The number of Topliss-reactive ketones (excluding diaryl/α,β-unsaturated/α-hetero) is 1. The molecule has 12 heavy (non-hydrogen) atoms. The summed E-state index contributed by atoms with van der Waals surface area (Å²) < 4.78 is 0. The molecule has 0 aliphatic heterocycles. The van der Waals surface area contributed by atoms with Gasteiger partial charge in [0.1, 0.15) is 5.78 Å². The van der Waals surface area contributed by atoms with E-state index in [0.717, 1.165) is 12.8 Å². The van der Waals surface area contributed by atoms with Crippen LogP contribution in [-0.2, 0) is 9.59 Å². The lowest BCUT2D eigenvalue weighted by Gasteiger charge is -2.22. The average molecular weight is 169 g/mol. The zero-order valence-corrected chi connectivity index (χ0v) is 7.67. The normalized spacial score (nSPS) is 23.8. The van der Waals surface area contributed by atoms with Crippen molar-refractivity contribution < 1.29 is 9.59 Å². The molecule has 3 heteroatoms. The molecule has 3 nitrogen and oxygen atoms in total. The summed E-state index contributed by atoms with van der Waals surface area (Å²) in [6, 6.07) is 0. The van der Waals surface area contributed by atoms with Crippen molar-refractivity contribution in [1.82, 2.24) is 4.90 Å². The number of amides is 1. The maximum atomic E-state index is 11.4. The fourth-order valence-electron chi connectivity index (χ4n) is 1.60. The van der Waals surface area contributed by atoms with Gasteiger partial charge in [0.15, 0.2) is 0 Å².